The van der Waals surface area contributed by atoms with Crippen molar-refractivity contribution in [2.75, 3.05) is 7.11 Å². The number of hydrogen-bond donors (Lipinski definition) is 0. The lowest BCUT2D eigenvalue weighted by atomic mass is 10.3. The molecule has 1 aromatic heterocycles. The first-order chi connectivity index (χ1) is 8.06. The third-order valence-corrected chi connectivity index (χ3v) is 3.14. The summed E-state index contributed by atoms with van der Waals surface area (Å²) in [6, 6.07) is 0. The smallest absolute Gasteiger partial charge is 0.493 e. The van der Waals surface area contributed by atoms with Crippen molar-refractivity contribution in [3.63, 3.8) is 0 Å². The molecule has 0 aromatic carbocycles. The van der Waals surface area contributed by atoms with Crippen LogP contribution in [0.2, 0.25) is 0 Å². The maximum absolute atomic E-state index is 12.1. The fraction of sp³-hybridized carbons (Fsp3) is 0.375. The van der Waals surface area contributed by atoms with E-state index in [1.54, 1.807) is 0 Å². The van der Waals surface area contributed by atoms with Gasteiger partial charge in [0.2, 0.25) is 0 Å². The molecular weight excluding hydrogens is 299 g/mol. The Balaban J connectivity index is 3.54. The minimum atomic E-state index is -5.07. The minimum absolute atomic E-state index is 0.0613. The standard InChI is InChI=1S/C8H7ClF3NO4S/c1-4-6(16-2)7(18(9,14)15)5(3-13-4)17-8(10,11)12/h3H,1-2H3. The molecule has 0 N–H and O–H groups in total. The van der Waals surface area contributed by atoms with Crippen molar-refractivity contribution in [1.29, 1.82) is 0 Å². The van der Waals surface area contributed by atoms with Gasteiger partial charge in [-0.3, -0.25) is 4.98 Å². The minimum Gasteiger partial charge on any atom is -0.493 e. The van der Waals surface area contributed by atoms with Gasteiger partial charge in [-0.05, 0) is 6.92 Å². The molecule has 1 heterocycles. The van der Waals surface area contributed by atoms with E-state index in [1.165, 1.54) is 6.92 Å². The summed E-state index contributed by atoms with van der Waals surface area (Å²) in [5.74, 6) is -1.44. The topological polar surface area (TPSA) is 65.5 Å². The van der Waals surface area contributed by atoms with Crippen molar-refractivity contribution in [2.24, 2.45) is 0 Å². The van der Waals surface area contributed by atoms with Crippen molar-refractivity contribution in [2.45, 2.75) is 18.2 Å². The van der Waals surface area contributed by atoms with Crippen LogP contribution in [-0.4, -0.2) is 26.9 Å². The summed E-state index contributed by atoms with van der Waals surface area (Å²) >= 11 is 0. The maximum Gasteiger partial charge on any atom is 0.573 e. The van der Waals surface area contributed by atoms with Crippen molar-refractivity contribution in [3.8, 4) is 11.5 Å². The highest BCUT2D eigenvalue weighted by molar-refractivity contribution is 8.13. The molecule has 0 aliphatic carbocycles. The monoisotopic (exact) mass is 305 g/mol. The lowest BCUT2D eigenvalue weighted by Gasteiger charge is -2.14. The van der Waals surface area contributed by atoms with Crippen LogP contribution in [0.5, 0.6) is 11.5 Å². The predicted molar refractivity (Wildman–Crippen MR) is 55.2 cm³/mol. The van der Waals surface area contributed by atoms with Crippen LogP contribution in [0.1, 0.15) is 5.69 Å². The number of pyridine rings is 1. The zero-order chi connectivity index (χ0) is 14.1. The first kappa shape index (κ1) is 14.8. The Labute approximate surface area is 105 Å². The molecule has 0 atom stereocenters. The van der Waals surface area contributed by atoms with Gasteiger partial charge in [0.05, 0.1) is 19.0 Å². The van der Waals surface area contributed by atoms with Gasteiger partial charge in [0.1, 0.15) is 0 Å². The number of aryl methyl sites for hydroxylation is 1. The van der Waals surface area contributed by atoms with Gasteiger partial charge in [0.25, 0.3) is 9.05 Å². The van der Waals surface area contributed by atoms with E-state index in [4.69, 9.17) is 10.7 Å². The molecule has 1 aromatic rings. The Morgan fingerprint density at radius 2 is 1.94 bits per heavy atom. The van der Waals surface area contributed by atoms with Gasteiger partial charge in [-0.2, -0.15) is 0 Å². The quantitative estimate of drug-likeness (QED) is 0.801. The highest BCUT2D eigenvalue weighted by atomic mass is 35.7. The summed E-state index contributed by atoms with van der Waals surface area (Å²) < 4.78 is 67.1. The number of hydrogen-bond acceptors (Lipinski definition) is 5. The number of aromatic nitrogens is 1. The highest BCUT2D eigenvalue weighted by Gasteiger charge is 2.36. The molecule has 0 saturated heterocycles. The van der Waals surface area contributed by atoms with Crippen LogP contribution < -0.4 is 9.47 Å². The third-order valence-electron chi connectivity index (χ3n) is 1.81. The van der Waals surface area contributed by atoms with E-state index in [1.807, 2.05) is 0 Å². The number of nitrogens with zero attached hydrogens (tertiary/aromatic N) is 1. The van der Waals surface area contributed by atoms with E-state index in [-0.39, 0.29) is 5.69 Å². The van der Waals surface area contributed by atoms with Gasteiger partial charge in [-0.1, -0.05) is 0 Å². The Hall–Kier alpha value is -1.22. The second kappa shape index (κ2) is 4.81. The Kier molecular flexibility index (Phi) is 3.96. The first-order valence-corrected chi connectivity index (χ1v) is 6.61. The van der Waals surface area contributed by atoms with Crippen LogP contribution in [0, 0.1) is 6.92 Å². The average Bonchev–Trinajstić information content (AvgIpc) is 2.16. The van der Waals surface area contributed by atoms with Crippen molar-refractivity contribution >= 4 is 19.7 Å². The van der Waals surface area contributed by atoms with Gasteiger partial charge in [0, 0.05) is 10.7 Å². The normalized spacial score (nSPS) is 12.3. The van der Waals surface area contributed by atoms with Crippen LogP contribution in [0.15, 0.2) is 11.1 Å². The lowest BCUT2D eigenvalue weighted by molar-refractivity contribution is -0.275. The van der Waals surface area contributed by atoms with Gasteiger partial charge < -0.3 is 9.47 Å². The van der Waals surface area contributed by atoms with E-state index >= 15 is 0 Å². The van der Waals surface area contributed by atoms with E-state index in [0.717, 1.165) is 7.11 Å². The van der Waals surface area contributed by atoms with E-state index < -0.39 is 31.8 Å². The van der Waals surface area contributed by atoms with Crippen LogP contribution in [0.3, 0.4) is 0 Å². The van der Waals surface area contributed by atoms with Crippen molar-refractivity contribution in [3.05, 3.63) is 11.9 Å². The molecule has 0 aliphatic rings. The molecule has 0 saturated carbocycles. The number of ether oxygens (including phenoxy) is 2. The predicted octanol–water partition coefficient (Wildman–Crippen LogP) is 2.22. The van der Waals surface area contributed by atoms with E-state index in [0.29, 0.717) is 6.20 Å². The maximum atomic E-state index is 12.1. The summed E-state index contributed by atoms with van der Waals surface area (Å²) in [5.41, 5.74) is 0.0613. The molecule has 0 bridgehead atoms. The SMILES string of the molecule is COc1c(C)ncc(OC(F)(F)F)c1S(=O)(=O)Cl. The van der Waals surface area contributed by atoms with Crippen LogP contribution in [-0.2, 0) is 9.05 Å². The van der Waals surface area contributed by atoms with Gasteiger partial charge >= 0.3 is 6.36 Å². The van der Waals surface area contributed by atoms with Crippen molar-refractivity contribution < 1.29 is 31.1 Å². The average molecular weight is 306 g/mol. The van der Waals surface area contributed by atoms with Crippen LogP contribution in [0.25, 0.3) is 0 Å². The molecule has 0 aliphatic heterocycles. The van der Waals surface area contributed by atoms with Gasteiger partial charge in [-0.15, -0.1) is 13.2 Å². The molecule has 0 unspecified atom stereocenters. The van der Waals surface area contributed by atoms with Crippen molar-refractivity contribution in [1.82, 2.24) is 4.98 Å². The van der Waals surface area contributed by atoms with Crippen LogP contribution in [0.4, 0.5) is 13.2 Å². The zero-order valence-electron chi connectivity index (χ0n) is 9.08. The summed E-state index contributed by atoms with van der Waals surface area (Å²) in [4.78, 5) is 2.63. The fourth-order valence-electron chi connectivity index (χ4n) is 1.22. The van der Waals surface area contributed by atoms with Crippen LogP contribution >= 0.6 is 10.7 Å². The first-order valence-electron chi connectivity index (χ1n) is 4.30. The number of alkyl halides is 3. The summed E-state index contributed by atoms with van der Waals surface area (Å²) in [6.45, 7) is 1.35. The molecule has 0 amide bonds. The van der Waals surface area contributed by atoms with Gasteiger partial charge in [0.15, 0.2) is 16.4 Å². The summed E-state index contributed by atoms with van der Waals surface area (Å²) in [5, 5.41) is 0. The third kappa shape index (κ3) is 3.39. The molecule has 0 radical (unpaired) electrons. The molecule has 1 rings (SSSR count). The summed E-state index contributed by atoms with van der Waals surface area (Å²) in [6.07, 6.45) is -4.46. The van der Waals surface area contributed by atoms with Gasteiger partial charge in [-0.25, -0.2) is 8.42 Å². The molecule has 0 spiro atoms. The Morgan fingerprint density at radius 3 is 2.33 bits per heavy atom. The Bertz CT molecular complexity index is 558. The van der Waals surface area contributed by atoms with E-state index in [2.05, 4.69) is 14.5 Å². The largest absolute Gasteiger partial charge is 0.573 e. The van der Waals surface area contributed by atoms with E-state index in [9.17, 15) is 21.6 Å². The summed E-state index contributed by atoms with van der Waals surface area (Å²) in [7, 11) is 1.65. The second-order valence-corrected chi connectivity index (χ2v) is 5.56. The Morgan fingerprint density at radius 1 is 1.39 bits per heavy atom. The molecular formula is C8H7ClF3NO4S. The molecule has 5 nitrogen and oxygen atoms in total. The fourth-order valence-corrected chi connectivity index (χ4v) is 2.44. The molecule has 10 heteroatoms. The zero-order valence-corrected chi connectivity index (χ0v) is 10.7. The highest BCUT2D eigenvalue weighted by Crippen LogP contribution is 2.38. The molecule has 102 valence electrons. The number of rotatable bonds is 3. The second-order valence-electron chi connectivity index (χ2n) is 3.06. The molecule has 18 heavy (non-hydrogen) atoms. The lowest BCUT2D eigenvalue weighted by Crippen LogP contribution is -2.19. The molecule has 0 fully saturated rings. The number of methoxy groups -OCH3 is 1. The number of halogens is 4.